The minimum Gasteiger partial charge on any atom is -0.488 e. The minimum atomic E-state index is -0.374. The molecule has 2 aromatic rings. The molecule has 0 amide bonds. The summed E-state index contributed by atoms with van der Waals surface area (Å²) < 4.78 is 11.0. The molecular formula is C14H12BrNO3. The lowest BCUT2D eigenvalue weighted by molar-refractivity contribution is 0.0600. The van der Waals surface area contributed by atoms with Gasteiger partial charge in [-0.1, -0.05) is 0 Å². The highest BCUT2D eigenvalue weighted by molar-refractivity contribution is 9.10. The first-order chi connectivity index (χ1) is 9.20. The second-order valence-corrected chi connectivity index (χ2v) is 4.64. The van der Waals surface area contributed by atoms with E-state index in [1.165, 1.54) is 7.11 Å². The van der Waals surface area contributed by atoms with Crippen molar-refractivity contribution >= 4 is 21.9 Å². The van der Waals surface area contributed by atoms with Crippen LogP contribution in [0, 0.1) is 0 Å². The Morgan fingerprint density at radius 2 is 2.00 bits per heavy atom. The van der Waals surface area contributed by atoms with E-state index in [-0.39, 0.29) is 5.97 Å². The number of aromatic nitrogens is 1. The van der Waals surface area contributed by atoms with Gasteiger partial charge in [0.25, 0.3) is 0 Å². The smallest absolute Gasteiger partial charge is 0.337 e. The van der Waals surface area contributed by atoms with Crippen LogP contribution in [0.3, 0.4) is 0 Å². The number of pyridine rings is 1. The van der Waals surface area contributed by atoms with Gasteiger partial charge in [-0.3, -0.25) is 4.98 Å². The van der Waals surface area contributed by atoms with Crippen molar-refractivity contribution in [1.82, 2.24) is 4.98 Å². The zero-order valence-corrected chi connectivity index (χ0v) is 11.9. The van der Waals surface area contributed by atoms with Gasteiger partial charge in [-0.25, -0.2) is 4.79 Å². The van der Waals surface area contributed by atoms with E-state index in [0.717, 1.165) is 5.56 Å². The normalized spacial score (nSPS) is 10.0. The summed E-state index contributed by atoms with van der Waals surface area (Å²) in [6.07, 6.45) is 3.43. The number of halogens is 1. The van der Waals surface area contributed by atoms with Crippen LogP contribution in [0.25, 0.3) is 0 Å². The molecule has 98 valence electrons. The zero-order chi connectivity index (χ0) is 13.7. The molecule has 0 spiro atoms. The fourth-order valence-corrected chi connectivity index (χ4v) is 2.00. The lowest BCUT2D eigenvalue weighted by atomic mass is 10.2. The van der Waals surface area contributed by atoms with Gasteiger partial charge in [-0.05, 0) is 51.8 Å². The van der Waals surface area contributed by atoms with Crippen LogP contribution in [0.2, 0.25) is 0 Å². The average Bonchev–Trinajstić information content (AvgIpc) is 2.46. The van der Waals surface area contributed by atoms with Gasteiger partial charge in [-0.15, -0.1) is 0 Å². The summed E-state index contributed by atoms with van der Waals surface area (Å²) in [4.78, 5) is 15.3. The van der Waals surface area contributed by atoms with Crippen LogP contribution in [-0.2, 0) is 11.3 Å². The predicted molar refractivity (Wildman–Crippen MR) is 74.1 cm³/mol. The molecule has 0 bridgehead atoms. The van der Waals surface area contributed by atoms with Crippen LogP contribution in [0.15, 0.2) is 47.2 Å². The van der Waals surface area contributed by atoms with Gasteiger partial charge in [-0.2, -0.15) is 0 Å². The van der Waals surface area contributed by atoms with Gasteiger partial charge in [0, 0.05) is 12.4 Å². The molecule has 0 aliphatic heterocycles. The number of esters is 1. The maximum Gasteiger partial charge on any atom is 0.337 e. The van der Waals surface area contributed by atoms with Crippen molar-refractivity contribution in [3.63, 3.8) is 0 Å². The fraction of sp³-hybridized carbons (Fsp3) is 0.143. The van der Waals surface area contributed by atoms with Gasteiger partial charge in [0.2, 0.25) is 0 Å². The largest absolute Gasteiger partial charge is 0.488 e. The lowest BCUT2D eigenvalue weighted by Crippen LogP contribution is -2.02. The summed E-state index contributed by atoms with van der Waals surface area (Å²) in [6, 6.07) is 8.84. The van der Waals surface area contributed by atoms with Crippen LogP contribution >= 0.6 is 15.9 Å². The van der Waals surface area contributed by atoms with E-state index in [4.69, 9.17) is 4.74 Å². The Hall–Kier alpha value is -1.88. The highest BCUT2D eigenvalue weighted by atomic mass is 79.9. The molecule has 4 nitrogen and oxygen atoms in total. The molecule has 0 atom stereocenters. The molecule has 0 saturated heterocycles. The molecule has 0 fully saturated rings. The van der Waals surface area contributed by atoms with Gasteiger partial charge in [0.15, 0.2) is 0 Å². The van der Waals surface area contributed by atoms with Crippen LogP contribution < -0.4 is 4.74 Å². The van der Waals surface area contributed by atoms with Crippen molar-refractivity contribution in [2.45, 2.75) is 6.61 Å². The van der Waals surface area contributed by atoms with Gasteiger partial charge >= 0.3 is 5.97 Å². The second-order valence-electron chi connectivity index (χ2n) is 3.78. The van der Waals surface area contributed by atoms with E-state index in [0.29, 0.717) is 22.4 Å². The first kappa shape index (κ1) is 13.5. The molecule has 0 aliphatic carbocycles. The standard InChI is InChI=1S/C14H12BrNO3/c1-18-14(17)11-2-3-13(12(15)8-11)19-9-10-4-6-16-7-5-10/h2-8H,9H2,1H3. The number of carbonyl (C=O) groups excluding carboxylic acids is 1. The van der Waals surface area contributed by atoms with Crippen molar-refractivity contribution in [3.05, 3.63) is 58.3 Å². The molecular weight excluding hydrogens is 310 g/mol. The molecule has 5 heteroatoms. The molecule has 0 radical (unpaired) electrons. The molecule has 19 heavy (non-hydrogen) atoms. The summed E-state index contributed by atoms with van der Waals surface area (Å²) in [5.74, 6) is 0.297. The SMILES string of the molecule is COC(=O)c1ccc(OCc2ccncc2)c(Br)c1. The monoisotopic (exact) mass is 321 g/mol. The van der Waals surface area contributed by atoms with Crippen LogP contribution in [0.5, 0.6) is 5.75 Å². The van der Waals surface area contributed by atoms with Crippen molar-refractivity contribution in [2.24, 2.45) is 0 Å². The molecule has 0 unspecified atom stereocenters. The van der Waals surface area contributed by atoms with E-state index >= 15 is 0 Å². The zero-order valence-electron chi connectivity index (χ0n) is 10.3. The first-order valence-electron chi connectivity index (χ1n) is 5.60. The number of nitrogens with zero attached hydrogens (tertiary/aromatic N) is 1. The summed E-state index contributed by atoms with van der Waals surface area (Å²) in [5.41, 5.74) is 1.50. The van der Waals surface area contributed by atoms with Crippen LogP contribution in [-0.4, -0.2) is 18.1 Å². The number of hydrogen-bond acceptors (Lipinski definition) is 4. The number of rotatable bonds is 4. The van der Waals surface area contributed by atoms with Crippen molar-refractivity contribution < 1.29 is 14.3 Å². The third kappa shape index (κ3) is 3.54. The minimum absolute atomic E-state index is 0.374. The van der Waals surface area contributed by atoms with Crippen molar-refractivity contribution in [1.29, 1.82) is 0 Å². The topological polar surface area (TPSA) is 48.4 Å². The summed E-state index contributed by atoms with van der Waals surface area (Å²) in [7, 11) is 1.35. The quantitative estimate of drug-likeness (QED) is 0.811. The number of methoxy groups -OCH3 is 1. The first-order valence-corrected chi connectivity index (χ1v) is 6.39. The molecule has 0 saturated carbocycles. The van der Waals surface area contributed by atoms with Crippen LogP contribution in [0.1, 0.15) is 15.9 Å². The van der Waals surface area contributed by atoms with Gasteiger partial charge in [0.1, 0.15) is 12.4 Å². The summed E-state index contributed by atoms with van der Waals surface area (Å²) in [6.45, 7) is 0.443. The Bertz CT molecular complexity index is 572. The number of ether oxygens (including phenoxy) is 2. The predicted octanol–water partition coefficient (Wildman–Crippen LogP) is 3.21. The Balaban J connectivity index is 2.07. The highest BCUT2D eigenvalue weighted by Gasteiger charge is 2.09. The maximum absolute atomic E-state index is 11.4. The number of benzene rings is 1. The third-order valence-electron chi connectivity index (χ3n) is 2.50. The highest BCUT2D eigenvalue weighted by Crippen LogP contribution is 2.27. The Kier molecular flexibility index (Phi) is 4.52. The summed E-state index contributed by atoms with van der Waals surface area (Å²) >= 11 is 3.37. The second kappa shape index (κ2) is 6.33. The lowest BCUT2D eigenvalue weighted by Gasteiger charge is -2.09. The molecule has 0 aliphatic rings. The van der Waals surface area contributed by atoms with Crippen molar-refractivity contribution in [3.8, 4) is 5.75 Å². The molecule has 0 N–H and O–H groups in total. The third-order valence-corrected chi connectivity index (χ3v) is 3.12. The number of carbonyl (C=O) groups is 1. The average molecular weight is 322 g/mol. The Morgan fingerprint density at radius 1 is 1.26 bits per heavy atom. The summed E-state index contributed by atoms with van der Waals surface area (Å²) in [5, 5.41) is 0. The van der Waals surface area contributed by atoms with E-state index in [1.54, 1.807) is 30.6 Å². The van der Waals surface area contributed by atoms with E-state index < -0.39 is 0 Å². The van der Waals surface area contributed by atoms with E-state index in [9.17, 15) is 4.79 Å². The molecule has 1 aromatic carbocycles. The maximum atomic E-state index is 11.4. The van der Waals surface area contributed by atoms with Crippen molar-refractivity contribution in [2.75, 3.05) is 7.11 Å². The van der Waals surface area contributed by atoms with Gasteiger partial charge in [0.05, 0.1) is 17.1 Å². The van der Waals surface area contributed by atoms with Crippen LogP contribution in [0.4, 0.5) is 0 Å². The van der Waals surface area contributed by atoms with Gasteiger partial charge < -0.3 is 9.47 Å². The Morgan fingerprint density at radius 3 is 2.63 bits per heavy atom. The Labute approximate surface area is 119 Å². The number of hydrogen-bond donors (Lipinski definition) is 0. The molecule has 1 heterocycles. The molecule has 1 aromatic heterocycles. The fourth-order valence-electron chi connectivity index (χ4n) is 1.50. The van der Waals surface area contributed by atoms with E-state index in [1.807, 2.05) is 12.1 Å². The molecule has 2 rings (SSSR count). The van der Waals surface area contributed by atoms with E-state index in [2.05, 4.69) is 25.7 Å².